The second kappa shape index (κ2) is 20.0. The van der Waals surface area contributed by atoms with Crippen molar-refractivity contribution in [1.29, 1.82) is 0 Å². The zero-order valence-corrected chi connectivity index (χ0v) is 24.7. The van der Waals surface area contributed by atoms with E-state index in [1.807, 2.05) is 0 Å². The maximum atomic E-state index is 12.8. The Bertz CT molecular complexity index is 1240. The first-order valence-electron chi connectivity index (χ1n) is 14.3. The van der Waals surface area contributed by atoms with Gasteiger partial charge in [-0.25, -0.2) is 4.79 Å². The SMILES string of the molecule is O=C(O)COCNC(=O)CCNC(=O)C(Cc1ccccc1)NC(=O)CNC(=O)CNC(=O)CCCCCN1C(=O)C=CC1=O. The predicted octanol–water partition coefficient (Wildman–Crippen LogP) is -1.89. The molecule has 1 heterocycles. The van der Waals surface area contributed by atoms with Gasteiger partial charge in [0.05, 0.1) is 13.1 Å². The van der Waals surface area contributed by atoms with Gasteiger partial charge in [0.15, 0.2) is 0 Å². The molecule has 16 nitrogen and oxygen atoms in total. The van der Waals surface area contributed by atoms with E-state index in [2.05, 4.69) is 26.6 Å². The molecule has 0 radical (unpaired) electrons. The summed E-state index contributed by atoms with van der Waals surface area (Å²) >= 11 is 0. The lowest BCUT2D eigenvalue weighted by Crippen LogP contribution is -2.51. The molecule has 1 aliphatic heterocycles. The van der Waals surface area contributed by atoms with Crippen molar-refractivity contribution in [2.75, 3.05) is 39.5 Å². The molecule has 0 spiro atoms. The van der Waals surface area contributed by atoms with Crippen LogP contribution in [0.25, 0.3) is 0 Å². The number of nitrogens with one attached hydrogen (secondary N) is 5. The van der Waals surface area contributed by atoms with Gasteiger partial charge in [0.2, 0.25) is 29.5 Å². The van der Waals surface area contributed by atoms with Gasteiger partial charge in [-0.2, -0.15) is 0 Å². The fourth-order valence-electron chi connectivity index (χ4n) is 3.98. The van der Waals surface area contributed by atoms with Gasteiger partial charge in [-0.05, 0) is 18.4 Å². The molecular formula is C29H38N6O10. The van der Waals surface area contributed by atoms with E-state index in [0.717, 1.165) is 10.5 Å². The molecule has 0 aliphatic carbocycles. The lowest BCUT2D eigenvalue weighted by molar-refractivity contribution is -0.143. The molecule has 16 heteroatoms. The number of carbonyl (C=O) groups excluding carboxylic acids is 7. The van der Waals surface area contributed by atoms with Crippen molar-refractivity contribution in [3.05, 3.63) is 48.0 Å². The molecule has 1 aliphatic rings. The summed E-state index contributed by atoms with van der Waals surface area (Å²) in [5, 5.41) is 20.8. The molecule has 244 valence electrons. The Balaban J connectivity index is 1.68. The third-order valence-electron chi connectivity index (χ3n) is 6.26. The Morgan fingerprint density at radius 1 is 0.756 bits per heavy atom. The zero-order chi connectivity index (χ0) is 33.0. The zero-order valence-electron chi connectivity index (χ0n) is 24.7. The second-order valence-corrected chi connectivity index (χ2v) is 9.86. The van der Waals surface area contributed by atoms with E-state index in [1.165, 1.54) is 12.2 Å². The Hall–Kier alpha value is -5.12. The van der Waals surface area contributed by atoms with Crippen molar-refractivity contribution < 1.29 is 48.2 Å². The van der Waals surface area contributed by atoms with Crippen molar-refractivity contribution in [3.63, 3.8) is 0 Å². The van der Waals surface area contributed by atoms with E-state index in [9.17, 15) is 38.4 Å². The normalized spacial score (nSPS) is 12.8. The van der Waals surface area contributed by atoms with Crippen LogP contribution in [0.3, 0.4) is 0 Å². The summed E-state index contributed by atoms with van der Waals surface area (Å²) in [4.78, 5) is 95.9. The Morgan fingerprint density at radius 2 is 1.40 bits per heavy atom. The highest BCUT2D eigenvalue weighted by molar-refractivity contribution is 6.12. The third kappa shape index (κ3) is 15.3. The van der Waals surface area contributed by atoms with Crippen LogP contribution in [0.4, 0.5) is 0 Å². The van der Waals surface area contributed by atoms with Gasteiger partial charge in [0.1, 0.15) is 19.4 Å². The number of imide groups is 1. The summed E-state index contributed by atoms with van der Waals surface area (Å²) in [6, 6.07) is 7.87. The van der Waals surface area contributed by atoms with E-state index >= 15 is 0 Å². The van der Waals surface area contributed by atoms with Gasteiger partial charge in [-0.3, -0.25) is 38.5 Å². The molecule has 0 saturated heterocycles. The quantitative estimate of drug-likeness (QED) is 0.0503. The number of hydrogen-bond acceptors (Lipinski definition) is 9. The van der Waals surface area contributed by atoms with Gasteiger partial charge < -0.3 is 36.4 Å². The number of nitrogens with zero attached hydrogens (tertiary/aromatic N) is 1. The molecule has 2 rings (SSSR count). The summed E-state index contributed by atoms with van der Waals surface area (Å²) in [5.74, 6) is -4.56. The van der Waals surface area contributed by atoms with Crippen molar-refractivity contribution >= 4 is 47.3 Å². The van der Waals surface area contributed by atoms with E-state index in [-0.39, 0.29) is 63.3 Å². The molecule has 0 aromatic heterocycles. The number of carbonyl (C=O) groups is 8. The average molecular weight is 631 g/mol. The highest BCUT2D eigenvalue weighted by Gasteiger charge is 2.23. The van der Waals surface area contributed by atoms with Crippen LogP contribution in [0.5, 0.6) is 0 Å². The number of carboxylic acids is 1. The second-order valence-electron chi connectivity index (χ2n) is 9.86. The first-order valence-corrected chi connectivity index (χ1v) is 14.3. The number of unbranched alkanes of at least 4 members (excludes halogenated alkanes) is 2. The lowest BCUT2D eigenvalue weighted by atomic mass is 10.1. The molecule has 0 bridgehead atoms. The van der Waals surface area contributed by atoms with Crippen molar-refractivity contribution in [2.45, 2.75) is 44.6 Å². The largest absolute Gasteiger partial charge is 0.480 e. The fraction of sp³-hybridized carbons (Fsp3) is 0.448. The van der Waals surface area contributed by atoms with Crippen LogP contribution in [-0.4, -0.2) is 103 Å². The van der Waals surface area contributed by atoms with Crippen LogP contribution in [0.15, 0.2) is 42.5 Å². The summed E-state index contributed by atoms with van der Waals surface area (Å²) in [6.07, 6.45) is 4.24. The average Bonchev–Trinajstić information content (AvgIpc) is 3.33. The van der Waals surface area contributed by atoms with Crippen molar-refractivity contribution in [1.82, 2.24) is 31.5 Å². The number of carboxylic acid groups (broad SMARTS) is 1. The minimum absolute atomic E-state index is 0.0591. The molecule has 45 heavy (non-hydrogen) atoms. The molecular weight excluding hydrogens is 592 g/mol. The van der Waals surface area contributed by atoms with Crippen LogP contribution in [0, 0.1) is 0 Å². The Labute approximate surface area is 259 Å². The van der Waals surface area contributed by atoms with Crippen LogP contribution in [0.1, 0.15) is 37.7 Å². The summed E-state index contributed by atoms with van der Waals surface area (Å²) in [6.45, 7) is -1.46. The molecule has 1 aromatic rings. The fourth-order valence-corrected chi connectivity index (χ4v) is 3.98. The summed E-state index contributed by atoms with van der Waals surface area (Å²) in [7, 11) is 0. The first-order chi connectivity index (χ1) is 21.5. The number of aliphatic carboxylic acids is 1. The maximum absolute atomic E-state index is 12.8. The van der Waals surface area contributed by atoms with Crippen LogP contribution >= 0.6 is 0 Å². The van der Waals surface area contributed by atoms with Gasteiger partial charge in [0.25, 0.3) is 11.8 Å². The molecule has 0 saturated carbocycles. The topological polar surface area (TPSA) is 229 Å². The highest BCUT2D eigenvalue weighted by atomic mass is 16.5. The Kier molecular flexibility index (Phi) is 16.0. The van der Waals surface area contributed by atoms with Crippen molar-refractivity contribution in [2.24, 2.45) is 0 Å². The first kappa shape index (κ1) is 36.1. The van der Waals surface area contributed by atoms with E-state index in [4.69, 9.17) is 9.84 Å². The monoisotopic (exact) mass is 630 g/mol. The lowest BCUT2D eigenvalue weighted by Gasteiger charge is -2.19. The van der Waals surface area contributed by atoms with Crippen LogP contribution in [0.2, 0.25) is 0 Å². The summed E-state index contributed by atoms with van der Waals surface area (Å²) in [5.41, 5.74) is 0.757. The molecule has 0 fully saturated rings. The standard InChI is InChI=1S/C29H38N6O10/c36-22(9-5-2-6-14-35-26(40)10-11-27(35)41)31-16-24(38)32-17-25(39)34-21(15-20-7-3-1-4-8-20)29(44)30-13-12-23(37)33-19-45-18-28(42)43/h1,3-4,7-8,10-11,21H,2,5-6,9,12-19H2,(H,30,44)(H,31,36)(H,32,38)(H,33,37)(H,34,39)(H,42,43). The van der Waals surface area contributed by atoms with Gasteiger partial charge in [-0.15, -0.1) is 0 Å². The van der Waals surface area contributed by atoms with Gasteiger partial charge in [-0.1, -0.05) is 36.8 Å². The number of ether oxygens (including phenoxy) is 1. The maximum Gasteiger partial charge on any atom is 0.329 e. The van der Waals surface area contributed by atoms with Crippen LogP contribution in [-0.2, 0) is 49.5 Å². The number of benzene rings is 1. The number of rotatable bonds is 21. The van der Waals surface area contributed by atoms with Crippen molar-refractivity contribution in [3.8, 4) is 0 Å². The van der Waals surface area contributed by atoms with Gasteiger partial charge >= 0.3 is 5.97 Å². The van der Waals surface area contributed by atoms with Gasteiger partial charge in [0, 0.05) is 44.5 Å². The van der Waals surface area contributed by atoms with E-state index in [1.54, 1.807) is 30.3 Å². The molecule has 1 unspecified atom stereocenters. The van der Waals surface area contributed by atoms with E-state index in [0.29, 0.717) is 19.3 Å². The molecule has 1 atom stereocenters. The minimum Gasteiger partial charge on any atom is -0.480 e. The number of amides is 7. The minimum atomic E-state index is -1.18. The highest BCUT2D eigenvalue weighted by Crippen LogP contribution is 2.08. The number of hydrogen-bond donors (Lipinski definition) is 6. The molecule has 1 aromatic carbocycles. The van der Waals surface area contributed by atoms with E-state index < -0.39 is 48.8 Å². The Morgan fingerprint density at radius 3 is 2.09 bits per heavy atom. The molecule has 6 N–H and O–H groups in total. The van der Waals surface area contributed by atoms with Crippen LogP contribution < -0.4 is 26.6 Å². The summed E-state index contributed by atoms with van der Waals surface area (Å²) < 4.78 is 4.71. The smallest absolute Gasteiger partial charge is 0.329 e. The molecule has 7 amide bonds. The third-order valence-corrected chi connectivity index (χ3v) is 6.26. The predicted molar refractivity (Wildman–Crippen MR) is 157 cm³/mol.